The van der Waals surface area contributed by atoms with Crippen LogP contribution in [0.2, 0.25) is 10.0 Å². The Morgan fingerprint density at radius 3 is 2.54 bits per heavy atom. The number of rotatable bonds is 6. The predicted molar refractivity (Wildman–Crippen MR) is 103 cm³/mol. The molecule has 0 spiro atoms. The Kier molecular flexibility index (Phi) is 5.81. The number of hydrogen-bond acceptors (Lipinski definition) is 5. The molecular weight excluding hydrogens is 373 g/mol. The second kappa shape index (κ2) is 8.25. The molecule has 7 heteroatoms. The average molecular weight is 390 g/mol. The van der Waals surface area contributed by atoms with Crippen LogP contribution in [-0.2, 0) is 12.8 Å². The SMILES string of the molecule is COc1nc(CCc2ccccn2)cc(Oc2cc(N)cc(Cl)c2)c1Cl. The lowest BCUT2D eigenvalue weighted by molar-refractivity contribution is 0.390. The zero-order valence-electron chi connectivity index (χ0n) is 14.1. The summed E-state index contributed by atoms with van der Waals surface area (Å²) in [5.74, 6) is 1.22. The van der Waals surface area contributed by atoms with Crippen LogP contribution in [0.4, 0.5) is 5.69 Å². The van der Waals surface area contributed by atoms with Crippen molar-refractivity contribution in [3.63, 3.8) is 0 Å². The third-order valence-corrected chi connectivity index (χ3v) is 4.19. The lowest BCUT2D eigenvalue weighted by Gasteiger charge is -2.13. The molecule has 0 saturated heterocycles. The van der Waals surface area contributed by atoms with E-state index < -0.39 is 0 Å². The van der Waals surface area contributed by atoms with E-state index in [1.165, 1.54) is 7.11 Å². The molecule has 0 amide bonds. The highest BCUT2D eigenvalue weighted by Gasteiger charge is 2.14. The summed E-state index contributed by atoms with van der Waals surface area (Å²) in [5, 5.41) is 0.764. The maximum atomic E-state index is 6.34. The highest BCUT2D eigenvalue weighted by atomic mass is 35.5. The summed E-state index contributed by atoms with van der Waals surface area (Å²) in [6, 6.07) is 12.6. The normalized spacial score (nSPS) is 10.6. The fourth-order valence-corrected chi connectivity index (χ4v) is 2.89. The van der Waals surface area contributed by atoms with Crippen molar-refractivity contribution in [2.24, 2.45) is 0 Å². The van der Waals surface area contributed by atoms with E-state index >= 15 is 0 Å². The Balaban J connectivity index is 1.86. The van der Waals surface area contributed by atoms with Gasteiger partial charge in [0.25, 0.3) is 0 Å². The van der Waals surface area contributed by atoms with Crippen LogP contribution in [0.1, 0.15) is 11.4 Å². The Morgan fingerprint density at radius 2 is 1.85 bits per heavy atom. The summed E-state index contributed by atoms with van der Waals surface area (Å²) in [6.45, 7) is 0. The zero-order chi connectivity index (χ0) is 18.5. The minimum absolute atomic E-state index is 0.285. The van der Waals surface area contributed by atoms with Gasteiger partial charge in [-0.1, -0.05) is 29.3 Å². The number of nitrogens with two attached hydrogens (primary N) is 1. The Labute approximate surface area is 161 Å². The highest BCUT2D eigenvalue weighted by Crippen LogP contribution is 2.37. The van der Waals surface area contributed by atoms with Gasteiger partial charge < -0.3 is 15.2 Å². The van der Waals surface area contributed by atoms with E-state index in [9.17, 15) is 0 Å². The quantitative estimate of drug-likeness (QED) is 0.603. The molecule has 0 bridgehead atoms. The van der Waals surface area contributed by atoms with Crippen molar-refractivity contribution < 1.29 is 9.47 Å². The van der Waals surface area contributed by atoms with Crippen molar-refractivity contribution in [3.05, 3.63) is 70.1 Å². The van der Waals surface area contributed by atoms with Gasteiger partial charge in [0.15, 0.2) is 5.75 Å². The van der Waals surface area contributed by atoms with Crippen LogP contribution >= 0.6 is 23.2 Å². The number of aromatic nitrogens is 2. The predicted octanol–water partition coefficient (Wildman–Crippen LogP) is 4.95. The molecule has 26 heavy (non-hydrogen) atoms. The number of halogens is 2. The fourth-order valence-electron chi connectivity index (χ4n) is 2.44. The number of nitrogen functional groups attached to an aromatic ring is 1. The van der Waals surface area contributed by atoms with E-state index in [2.05, 4.69) is 9.97 Å². The first-order chi connectivity index (χ1) is 12.5. The van der Waals surface area contributed by atoms with Crippen LogP contribution in [-0.4, -0.2) is 17.1 Å². The molecule has 5 nitrogen and oxygen atoms in total. The van der Waals surface area contributed by atoms with Gasteiger partial charge in [-0.25, -0.2) is 4.98 Å². The maximum absolute atomic E-state index is 6.34. The largest absolute Gasteiger partial charge is 0.480 e. The van der Waals surface area contributed by atoms with Crippen LogP contribution in [0.15, 0.2) is 48.7 Å². The summed E-state index contributed by atoms with van der Waals surface area (Å²) in [5.41, 5.74) is 8.07. The van der Waals surface area contributed by atoms with E-state index in [1.807, 2.05) is 18.2 Å². The molecule has 0 saturated carbocycles. The monoisotopic (exact) mass is 389 g/mol. The highest BCUT2D eigenvalue weighted by molar-refractivity contribution is 6.33. The van der Waals surface area contributed by atoms with Crippen LogP contribution in [0.3, 0.4) is 0 Å². The van der Waals surface area contributed by atoms with Gasteiger partial charge in [-0.2, -0.15) is 0 Å². The zero-order valence-corrected chi connectivity index (χ0v) is 15.6. The third kappa shape index (κ3) is 4.56. The average Bonchev–Trinajstić information content (AvgIpc) is 2.62. The molecule has 1 aromatic carbocycles. The minimum atomic E-state index is 0.285. The molecule has 0 aliphatic heterocycles. The van der Waals surface area contributed by atoms with Gasteiger partial charge in [0.1, 0.15) is 10.8 Å². The molecule has 2 heterocycles. The van der Waals surface area contributed by atoms with Crippen LogP contribution in [0.5, 0.6) is 17.4 Å². The van der Waals surface area contributed by atoms with Gasteiger partial charge >= 0.3 is 0 Å². The van der Waals surface area contributed by atoms with Crippen molar-refractivity contribution >= 4 is 28.9 Å². The summed E-state index contributed by atoms with van der Waals surface area (Å²) in [7, 11) is 1.51. The molecule has 0 radical (unpaired) electrons. The van der Waals surface area contributed by atoms with E-state index in [0.29, 0.717) is 34.5 Å². The first-order valence-corrected chi connectivity index (χ1v) is 8.68. The Morgan fingerprint density at radius 1 is 1.04 bits per heavy atom. The van der Waals surface area contributed by atoms with Gasteiger partial charge in [-0.3, -0.25) is 4.98 Å². The minimum Gasteiger partial charge on any atom is -0.480 e. The fraction of sp³-hybridized carbons (Fsp3) is 0.158. The second-order valence-electron chi connectivity index (χ2n) is 5.58. The van der Waals surface area contributed by atoms with Gasteiger partial charge in [0.05, 0.1) is 7.11 Å². The summed E-state index contributed by atoms with van der Waals surface area (Å²) in [6.07, 6.45) is 3.17. The first kappa shape index (κ1) is 18.3. The molecule has 2 N–H and O–H groups in total. The molecule has 3 rings (SSSR count). The number of nitrogens with zero attached hydrogens (tertiary/aromatic N) is 2. The van der Waals surface area contributed by atoms with Crippen molar-refractivity contribution in [1.82, 2.24) is 9.97 Å². The Hall–Kier alpha value is -2.50. The van der Waals surface area contributed by atoms with Gasteiger partial charge in [-0.05, 0) is 37.1 Å². The standard InChI is InChI=1S/C19H17Cl2N3O2/c1-25-19-18(21)17(26-16-9-12(20)8-13(22)10-16)11-15(24-19)6-5-14-4-2-3-7-23-14/h2-4,7-11H,5-6,22H2,1H3. The molecule has 3 aromatic rings. The molecule has 0 aliphatic carbocycles. The topological polar surface area (TPSA) is 70.3 Å². The molecule has 0 fully saturated rings. The van der Waals surface area contributed by atoms with E-state index in [-0.39, 0.29) is 5.02 Å². The number of aryl methyl sites for hydroxylation is 2. The smallest absolute Gasteiger partial charge is 0.236 e. The molecule has 0 atom stereocenters. The molecule has 134 valence electrons. The van der Waals surface area contributed by atoms with Crippen LogP contribution in [0, 0.1) is 0 Å². The molecule has 0 unspecified atom stereocenters. The van der Waals surface area contributed by atoms with E-state index in [4.69, 9.17) is 38.4 Å². The van der Waals surface area contributed by atoms with Crippen molar-refractivity contribution in [1.29, 1.82) is 0 Å². The van der Waals surface area contributed by atoms with E-state index in [1.54, 1.807) is 30.5 Å². The summed E-state index contributed by atoms with van der Waals surface area (Å²) in [4.78, 5) is 8.75. The molecular formula is C19H17Cl2N3O2. The van der Waals surface area contributed by atoms with Crippen molar-refractivity contribution in [3.8, 4) is 17.4 Å². The van der Waals surface area contributed by atoms with Crippen LogP contribution in [0.25, 0.3) is 0 Å². The van der Waals surface area contributed by atoms with Gasteiger partial charge in [0, 0.05) is 40.4 Å². The number of methoxy groups -OCH3 is 1. The number of ether oxygens (including phenoxy) is 2. The van der Waals surface area contributed by atoms with Gasteiger partial charge in [-0.15, -0.1) is 0 Å². The lowest BCUT2D eigenvalue weighted by Crippen LogP contribution is -2.00. The first-order valence-electron chi connectivity index (χ1n) is 7.92. The van der Waals surface area contributed by atoms with E-state index in [0.717, 1.165) is 17.8 Å². The second-order valence-corrected chi connectivity index (χ2v) is 6.39. The van der Waals surface area contributed by atoms with Crippen molar-refractivity contribution in [2.45, 2.75) is 12.8 Å². The number of benzene rings is 1. The van der Waals surface area contributed by atoms with Crippen LogP contribution < -0.4 is 15.2 Å². The third-order valence-electron chi connectivity index (χ3n) is 3.63. The Bertz CT molecular complexity index is 885. The maximum Gasteiger partial charge on any atom is 0.236 e. The number of pyridine rings is 2. The number of hydrogen-bond donors (Lipinski definition) is 1. The van der Waals surface area contributed by atoms with Crippen molar-refractivity contribution in [2.75, 3.05) is 12.8 Å². The molecule has 0 aliphatic rings. The molecule has 2 aromatic heterocycles. The lowest BCUT2D eigenvalue weighted by atomic mass is 10.1. The summed E-state index contributed by atoms with van der Waals surface area (Å²) < 4.78 is 11.1. The number of anilines is 1. The van der Waals surface area contributed by atoms with Gasteiger partial charge in [0.2, 0.25) is 5.88 Å². The summed E-state index contributed by atoms with van der Waals surface area (Å²) >= 11 is 12.4.